The first-order valence-corrected chi connectivity index (χ1v) is 6.58. The van der Waals surface area contributed by atoms with E-state index in [1.807, 2.05) is 0 Å². The van der Waals surface area contributed by atoms with E-state index in [-0.39, 0.29) is 17.2 Å². The number of nitrogens with one attached hydrogen (secondary N) is 1. The zero-order chi connectivity index (χ0) is 12.9. The number of rotatable bonds is 5. The lowest BCUT2D eigenvalue weighted by atomic mass is 10.3. The smallest absolute Gasteiger partial charge is 0.228 e. The molecule has 0 amide bonds. The minimum absolute atomic E-state index is 0.0622. The Labute approximate surface area is 99.7 Å². The van der Waals surface area contributed by atoms with E-state index in [0.717, 1.165) is 6.26 Å². The van der Waals surface area contributed by atoms with Crippen LogP contribution in [0.3, 0.4) is 0 Å². The van der Waals surface area contributed by atoms with Crippen molar-refractivity contribution in [3.05, 3.63) is 18.2 Å². The molecule has 0 aliphatic rings. The zero-order valence-corrected chi connectivity index (χ0v) is 10.1. The third-order valence-electron chi connectivity index (χ3n) is 1.97. The van der Waals surface area contributed by atoms with Crippen molar-refractivity contribution in [3.63, 3.8) is 0 Å². The van der Waals surface area contributed by atoms with E-state index in [1.165, 1.54) is 18.2 Å². The molecule has 0 bridgehead atoms. The number of benzene rings is 1. The molecule has 1 aromatic rings. The Kier molecular flexibility index (Phi) is 4.35. The van der Waals surface area contributed by atoms with Crippen molar-refractivity contribution in [2.24, 2.45) is 0 Å². The van der Waals surface area contributed by atoms with Gasteiger partial charge >= 0.3 is 0 Å². The highest BCUT2D eigenvalue weighted by atomic mass is 32.2. The van der Waals surface area contributed by atoms with Gasteiger partial charge in [0.2, 0.25) is 6.86 Å². The van der Waals surface area contributed by atoms with Gasteiger partial charge in [0.25, 0.3) is 0 Å². The number of alkyl halides is 1. The van der Waals surface area contributed by atoms with Gasteiger partial charge < -0.3 is 10.1 Å². The predicted molar refractivity (Wildman–Crippen MR) is 63.5 cm³/mol. The molecule has 0 aliphatic heterocycles. The Morgan fingerprint density at radius 3 is 2.76 bits per heavy atom. The number of hydrogen-bond acceptors (Lipinski definition) is 4. The maximum atomic E-state index is 12.2. The number of halogens is 1. The third-order valence-corrected chi connectivity index (χ3v) is 3.08. The van der Waals surface area contributed by atoms with E-state index >= 15 is 0 Å². The van der Waals surface area contributed by atoms with E-state index < -0.39 is 16.7 Å². The van der Waals surface area contributed by atoms with Gasteiger partial charge in [-0.3, -0.25) is 0 Å². The van der Waals surface area contributed by atoms with E-state index in [0.29, 0.717) is 5.69 Å². The van der Waals surface area contributed by atoms with Crippen LogP contribution in [-0.2, 0) is 9.84 Å². The van der Waals surface area contributed by atoms with Crippen molar-refractivity contribution >= 4 is 15.5 Å². The first-order valence-electron chi connectivity index (χ1n) is 4.69. The number of hydrogen-bond donors (Lipinski definition) is 1. The highest BCUT2D eigenvalue weighted by Gasteiger charge is 2.11. The molecule has 0 saturated carbocycles. The van der Waals surface area contributed by atoms with Crippen LogP contribution in [0.5, 0.6) is 5.75 Å². The molecule has 17 heavy (non-hydrogen) atoms. The molecular formula is C11H12FNO3S. The Balaban J connectivity index is 3.13. The molecule has 0 spiro atoms. The molecule has 6 heteroatoms. The Morgan fingerprint density at radius 2 is 2.24 bits per heavy atom. The normalized spacial score (nSPS) is 10.6. The van der Waals surface area contributed by atoms with Crippen LogP contribution in [0.4, 0.5) is 10.1 Å². The summed E-state index contributed by atoms with van der Waals surface area (Å²) in [5.41, 5.74) is 0.452. The van der Waals surface area contributed by atoms with Gasteiger partial charge in [-0.15, -0.1) is 6.42 Å². The second kappa shape index (κ2) is 5.55. The summed E-state index contributed by atoms with van der Waals surface area (Å²) in [6, 6.07) is 4.14. The average Bonchev–Trinajstić information content (AvgIpc) is 2.26. The van der Waals surface area contributed by atoms with E-state index in [1.54, 1.807) is 0 Å². The molecule has 1 N–H and O–H groups in total. The molecule has 0 saturated heterocycles. The lowest BCUT2D eigenvalue weighted by molar-refractivity contribution is 0.192. The van der Waals surface area contributed by atoms with Crippen LogP contribution in [0.25, 0.3) is 0 Å². The van der Waals surface area contributed by atoms with Crippen LogP contribution in [-0.4, -0.2) is 28.1 Å². The van der Waals surface area contributed by atoms with Gasteiger partial charge in [0.15, 0.2) is 9.84 Å². The Bertz CT molecular complexity index is 534. The van der Waals surface area contributed by atoms with Crippen LogP contribution in [0.2, 0.25) is 0 Å². The fraction of sp³-hybridized carbons (Fsp3) is 0.273. The molecule has 0 fully saturated rings. The number of sulfone groups is 1. The molecule has 92 valence electrons. The molecule has 1 rings (SSSR count). The standard InChI is InChI=1S/C11H12FNO3S/c1-3-6-13-10-5-4-9(17(2,14)15)7-11(10)16-8-12/h1,4-5,7,13H,6,8H2,2H3. The summed E-state index contributed by atoms with van der Waals surface area (Å²) in [4.78, 5) is 0.0622. The highest BCUT2D eigenvalue weighted by Crippen LogP contribution is 2.27. The average molecular weight is 257 g/mol. The summed E-state index contributed by atoms with van der Waals surface area (Å²) in [6.45, 7) is -0.807. The van der Waals surface area contributed by atoms with Gasteiger partial charge in [0.05, 0.1) is 17.1 Å². The summed E-state index contributed by atoms with van der Waals surface area (Å²) in [5.74, 6) is 2.47. The minimum atomic E-state index is -3.35. The first kappa shape index (κ1) is 13.3. The molecule has 0 atom stereocenters. The quantitative estimate of drug-likeness (QED) is 0.811. The first-order chi connectivity index (χ1) is 7.99. The lowest BCUT2D eigenvalue weighted by Gasteiger charge is -2.11. The topological polar surface area (TPSA) is 55.4 Å². The van der Waals surface area contributed by atoms with Gasteiger partial charge in [0, 0.05) is 12.3 Å². The van der Waals surface area contributed by atoms with Crippen LogP contribution in [0.1, 0.15) is 0 Å². The highest BCUT2D eigenvalue weighted by molar-refractivity contribution is 7.90. The van der Waals surface area contributed by atoms with Gasteiger partial charge in [-0.05, 0) is 12.1 Å². The molecule has 0 aromatic heterocycles. The van der Waals surface area contributed by atoms with Crippen molar-refractivity contribution in [2.45, 2.75) is 4.90 Å². The molecule has 0 radical (unpaired) electrons. The zero-order valence-electron chi connectivity index (χ0n) is 9.23. The van der Waals surface area contributed by atoms with Crippen molar-refractivity contribution in [1.29, 1.82) is 0 Å². The van der Waals surface area contributed by atoms with Crippen LogP contribution >= 0.6 is 0 Å². The SMILES string of the molecule is C#CCNc1ccc(S(C)(=O)=O)cc1OCF. The van der Waals surface area contributed by atoms with Crippen molar-refractivity contribution in [3.8, 4) is 18.1 Å². The maximum Gasteiger partial charge on any atom is 0.228 e. The summed E-state index contributed by atoms with van der Waals surface area (Å²) in [5, 5.41) is 2.80. The van der Waals surface area contributed by atoms with Crippen LogP contribution in [0.15, 0.2) is 23.1 Å². The van der Waals surface area contributed by atoms with E-state index in [9.17, 15) is 12.8 Å². The summed E-state index contributed by atoms with van der Waals surface area (Å²) >= 11 is 0. The molecule has 4 nitrogen and oxygen atoms in total. The summed E-state index contributed by atoms with van der Waals surface area (Å²) in [6.07, 6.45) is 6.14. The fourth-order valence-corrected chi connectivity index (χ4v) is 1.84. The van der Waals surface area contributed by atoms with E-state index in [4.69, 9.17) is 11.2 Å². The molecule has 0 unspecified atom stereocenters. The fourth-order valence-electron chi connectivity index (χ4n) is 1.20. The van der Waals surface area contributed by atoms with E-state index in [2.05, 4.69) is 11.2 Å². The van der Waals surface area contributed by atoms with Crippen molar-refractivity contribution < 1.29 is 17.5 Å². The second-order valence-electron chi connectivity index (χ2n) is 3.24. The number of ether oxygens (including phenoxy) is 1. The number of anilines is 1. The molecule has 1 aromatic carbocycles. The van der Waals surface area contributed by atoms with Gasteiger partial charge in [-0.2, -0.15) is 0 Å². The van der Waals surface area contributed by atoms with Crippen molar-refractivity contribution in [1.82, 2.24) is 0 Å². The lowest BCUT2D eigenvalue weighted by Crippen LogP contribution is -2.04. The van der Waals surface area contributed by atoms with Gasteiger partial charge in [-0.25, -0.2) is 12.8 Å². The summed E-state index contributed by atoms with van der Waals surface area (Å²) in [7, 11) is -3.35. The number of terminal acetylenes is 1. The molecule has 0 heterocycles. The third kappa shape index (κ3) is 3.64. The summed E-state index contributed by atoms with van der Waals surface area (Å²) < 4.78 is 39.5. The minimum Gasteiger partial charge on any atom is -0.461 e. The largest absolute Gasteiger partial charge is 0.461 e. The molecule has 0 aliphatic carbocycles. The van der Waals surface area contributed by atoms with Crippen LogP contribution < -0.4 is 10.1 Å². The predicted octanol–water partition coefficient (Wildman–Crippen LogP) is 1.44. The Hall–Kier alpha value is -1.74. The van der Waals surface area contributed by atoms with Crippen molar-refractivity contribution in [2.75, 3.05) is 25.0 Å². The Morgan fingerprint density at radius 1 is 1.53 bits per heavy atom. The molecular weight excluding hydrogens is 245 g/mol. The monoisotopic (exact) mass is 257 g/mol. The van der Waals surface area contributed by atoms with Crippen LogP contribution in [0, 0.1) is 12.3 Å². The second-order valence-corrected chi connectivity index (χ2v) is 5.26. The van der Waals surface area contributed by atoms with Gasteiger partial charge in [-0.1, -0.05) is 5.92 Å². The maximum absolute atomic E-state index is 12.2. The van der Waals surface area contributed by atoms with Gasteiger partial charge in [0.1, 0.15) is 5.75 Å².